The van der Waals surface area contributed by atoms with E-state index in [4.69, 9.17) is 0 Å². The van der Waals surface area contributed by atoms with Crippen molar-refractivity contribution < 1.29 is 15.0 Å². The predicted molar refractivity (Wildman–Crippen MR) is 65.2 cm³/mol. The lowest BCUT2D eigenvalue weighted by Gasteiger charge is -2.06. The first-order valence-electron chi connectivity index (χ1n) is 5.35. The second kappa shape index (κ2) is 5.18. The fourth-order valence-corrected chi connectivity index (χ4v) is 1.51. The minimum absolute atomic E-state index is 0.151. The van der Waals surface area contributed by atoms with Gasteiger partial charge < -0.3 is 15.5 Å². The van der Waals surface area contributed by atoms with Gasteiger partial charge in [-0.05, 0) is 23.8 Å². The molecule has 18 heavy (non-hydrogen) atoms. The van der Waals surface area contributed by atoms with Crippen LogP contribution in [0.4, 0.5) is 0 Å². The van der Waals surface area contributed by atoms with Crippen molar-refractivity contribution in [1.82, 2.24) is 10.3 Å². The van der Waals surface area contributed by atoms with Crippen LogP contribution in [0, 0.1) is 0 Å². The van der Waals surface area contributed by atoms with Gasteiger partial charge in [0.2, 0.25) is 0 Å². The maximum absolute atomic E-state index is 11.8. The van der Waals surface area contributed by atoms with Crippen molar-refractivity contribution >= 4 is 5.91 Å². The van der Waals surface area contributed by atoms with E-state index < -0.39 is 0 Å². The van der Waals surface area contributed by atoms with Crippen molar-refractivity contribution in [2.75, 3.05) is 0 Å². The van der Waals surface area contributed by atoms with E-state index in [1.54, 1.807) is 18.5 Å². The Morgan fingerprint density at radius 1 is 1.22 bits per heavy atom. The first-order chi connectivity index (χ1) is 8.65. The third-order valence-electron chi connectivity index (χ3n) is 2.34. The van der Waals surface area contributed by atoms with E-state index in [9.17, 15) is 15.0 Å². The minimum Gasteiger partial charge on any atom is -0.508 e. The van der Waals surface area contributed by atoms with E-state index in [1.165, 1.54) is 12.1 Å². The summed E-state index contributed by atoms with van der Waals surface area (Å²) >= 11 is 0. The van der Waals surface area contributed by atoms with Crippen molar-refractivity contribution in [3.63, 3.8) is 0 Å². The van der Waals surface area contributed by atoms with Crippen LogP contribution in [0.1, 0.15) is 15.9 Å². The van der Waals surface area contributed by atoms with Crippen LogP contribution < -0.4 is 5.32 Å². The maximum atomic E-state index is 11.8. The molecule has 92 valence electrons. The van der Waals surface area contributed by atoms with Crippen molar-refractivity contribution in [3.05, 3.63) is 53.9 Å². The molecule has 1 heterocycles. The molecule has 0 atom stereocenters. The minimum atomic E-state index is -0.370. The molecule has 1 aromatic heterocycles. The van der Waals surface area contributed by atoms with Crippen molar-refractivity contribution in [3.8, 4) is 11.5 Å². The molecule has 1 aromatic carbocycles. The molecule has 3 N–H and O–H groups in total. The van der Waals surface area contributed by atoms with E-state index in [0.29, 0.717) is 6.54 Å². The molecule has 2 aromatic rings. The van der Waals surface area contributed by atoms with Gasteiger partial charge in [0.05, 0.1) is 0 Å². The van der Waals surface area contributed by atoms with Crippen LogP contribution in [0.2, 0.25) is 0 Å². The number of aromatic hydroxyl groups is 2. The number of pyridine rings is 1. The van der Waals surface area contributed by atoms with E-state index in [2.05, 4.69) is 10.3 Å². The second-order valence-electron chi connectivity index (χ2n) is 3.78. The monoisotopic (exact) mass is 244 g/mol. The number of amides is 1. The van der Waals surface area contributed by atoms with Crippen LogP contribution in [0.25, 0.3) is 0 Å². The zero-order valence-electron chi connectivity index (χ0n) is 9.50. The number of nitrogens with one attached hydrogen (secondary N) is 1. The van der Waals surface area contributed by atoms with Gasteiger partial charge in [0.1, 0.15) is 11.5 Å². The van der Waals surface area contributed by atoms with Gasteiger partial charge in [0.25, 0.3) is 5.91 Å². The van der Waals surface area contributed by atoms with Crippen molar-refractivity contribution in [1.29, 1.82) is 0 Å². The zero-order chi connectivity index (χ0) is 13.0. The predicted octanol–water partition coefficient (Wildman–Crippen LogP) is 1.42. The third-order valence-corrected chi connectivity index (χ3v) is 2.34. The summed E-state index contributed by atoms with van der Waals surface area (Å²) < 4.78 is 0. The summed E-state index contributed by atoms with van der Waals surface area (Å²) in [6, 6.07) is 7.36. The Morgan fingerprint density at radius 2 is 1.94 bits per heavy atom. The average molecular weight is 244 g/mol. The molecule has 5 heteroatoms. The molecule has 0 spiro atoms. The highest BCUT2D eigenvalue weighted by Crippen LogP contribution is 2.20. The molecule has 1 amide bonds. The fraction of sp³-hybridized carbons (Fsp3) is 0.0769. The number of phenols is 2. The normalized spacial score (nSPS) is 10.0. The SMILES string of the molecule is O=C(NCc1cccnc1)c1cc(O)cc(O)c1. The summed E-state index contributed by atoms with van der Waals surface area (Å²) in [4.78, 5) is 15.7. The topological polar surface area (TPSA) is 82.5 Å². The molecule has 0 aliphatic carbocycles. The fourth-order valence-electron chi connectivity index (χ4n) is 1.51. The Kier molecular flexibility index (Phi) is 3.43. The smallest absolute Gasteiger partial charge is 0.251 e. The quantitative estimate of drug-likeness (QED) is 0.762. The van der Waals surface area contributed by atoms with Gasteiger partial charge >= 0.3 is 0 Å². The van der Waals surface area contributed by atoms with Gasteiger partial charge in [-0.3, -0.25) is 9.78 Å². The van der Waals surface area contributed by atoms with E-state index in [0.717, 1.165) is 11.6 Å². The molecule has 0 saturated heterocycles. The lowest BCUT2D eigenvalue weighted by atomic mass is 10.2. The Balaban J connectivity index is 2.04. The number of phenolic OH excluding ortho intramolecular Hbond substituents is 2. The first-order valence-corrected chi connectivity index (χ1v) is 5.35. The molecule has 0 radical (unpaired) electrons. The lowest BCUT2D eigenvalue weighted by Crippen LogP contribution is -2.22. The third kappa shape index (κ3) is 2.98. The van der Waals surface area contributed by atoms with E-state index in [-0.39, 0.29) is 23.0 Å². The summed E-state index contributed by atoms with van der Waals surface area (Å²) in [5, 5.41) is 21.2. The highest BCUT2D eigenvalue weighted by molar-refractivity contribution is 5.94. The largest absolute Gasteiger partial charge is 0.508 e. The summed E-state index contributed by atoms with van der Waals surface area (Å²) in [6.07, 6.45) is 3.30. The summed E-state index contributed by atoms with van der Waals surface area (Å²) in [6.45, 7) is 0.336. The molecule has 5 nitrogen and oxygen atoms in total. The highest BCUT2D eigenvalue weighted by Gasteiger charge is 2.08. The molecular formula is C13H12N2O3. The summed E-state index contributed by atoms with van der Waals surface area (Å²) in [7, 11) is 0. The van der Waals surface area contributed by atoms with E-state index in [1.807, 2.05) is 6.07 Å². The van der Waals surface area contributed by atoms with Crippen molar-refractivity contribution in [2.45, 2.75) is 6.54 Å². The Labute approximate surface area is 104 Å². The molecule has 0 saturated carbocycles. The average Bonchev–Trinajstić information content (AvgIpc) is 2.36. The van der Waals surface area contributed by atoms with Crippen LogP contribution >= 0.6 is 0 Å². The van der Waals surface area contributed by atoms with Crippen LogP contribution in [-0.4, -0.2) is 21.1 Å². The molecular weight excluding hydrogens is 232 g/mol. The van der Waals surface area contributed by atoms with Crippen LogP contribution in [0.5, 0.6) is 11.5 Å². The van der Waals surface area contributed by atoms with Crippen LogP contribution in [-0.2, 0) is 6.54 Å². The van der Waals surface area contributed by atoms with Gasteiger partial charge in [-0.15, -0.1) is 0 Å². The highest BCUT2D eigenvalue weighted by atomic mass is 16.3. The first kappa shape index (κ1) is 11.9. The number of rotatable bonds is 3. The number of carbonyl (C=O) groups is 1. The van der Waals surface area contributed by atoms with Gasteiger partial charge in [0.15, 0.2) is 0 Å². The maximum Gasteiger partial charge on any atom is 0.251 e. The summed E-state index contributed by atoms with van der Waals surface area (Å²) in [5.74, 6) is -0.673. The Bertz CT molecular complexity index is 535. The van der Waals surface area contributed by atoms with Crippen molar-refractivity contribution in [2.24, 2.45) is 0 Å². The number of nitrogens with zero attached hydrogens (tertiary/aromatic N) is 1. The number of hydrogen-bond donors (Lipinski definition) is 3. The Hall–Kier alpha value is -2.56. The Morgan fingerprint density at radius 3 is 2.56 bits per heavy atom. The number of benzene rings is 1. The van der Waals surface area contributed by atoms with Gasteiger partial charge in [0, 0.05) is 30.6 Å². The van der Waals surface area contributed by atoms with Gasteiger partial charge in [-0.1, -0.05) is 6.07 Å². The standard InChI is InChI=1S/C13H12N2O3/c16-11-4-10(5-12(17)6-11)13(18)15-8-9-2-1-3-14-7-9/h1-7,16-17H,8H2,(H,15,18). The van der Waals surface area contributed by atoms with Gasteiger partial charge in [-0.2, -0.15) is 0 Å². The molecule has 0 unspecified atom stereocenters. The van der Waals surface area contributed by atoms with Crippen LogP contribution in [0.3, 0.4) is 0 Å². The lowest BCUT2D eigenvalue weighted by molar-refractivity contribution is 0.0950. The van der Waals surface area contributed by atoms with Crippen LogP contribution in [0.15, 0.2) is 42.7 Å². The number of hydrogen-bond acceptors (Lipinski definition) is 4. The molecule has 0 fully saturated rings. The van der Waals surface area contributed by atoms with Gasteiger partial charge in [-0.25, -0.2) is 0 Å². The molecule has 0 bridgehead atoms. The second-order valence-corrected chi connectivity index (χ2v) is 3.78. The van der Waals surface area contributed by atoms with E-state index >= 15 is 0 Å². The summed E-state index contributed by atoms with van der Waals surface area (Å²) in [5.41, 5.74) is 1.08. The number of aromatic nitrogens is 1. The molecule has 0 aliphatic heterocycles. The molecule has 0 aliphatic rings. The zero-order valence-corrected chi connectivity index (χ0v) is 9.50. The number of carbonyl (C=O) groups excluding carboxylic acids is 1. The molecule has 2 rings (SSSR count).